The number of methoxy groups -OCH3 is 1. The lowest BCUT2D eigenvalue weighted by Crippen LogP contribution is -2.30. The molecule has 106 valence electrons. The van der Waals surface area contributed by atoms with Crippen LogP contribution in [0.2, 0.25) is 0 Å². The van der Waals surface area contributed by atoms with E-state index in [0.717, 1.165) is 0 Å². The number of halogens is 3. The molecule has 0 amide bonds. The van der Waals surface area contributed by atoms with Gasteiger partial charge in [-0.15, -0.1) is 0 Å². The topological polar surface area (TPSA) is 47.3 Å². The standard InChI is InChI=1S/C14H13BrF2N2O/c1-20-10-4-2-8(3-5-10)14(19-18)13-11(16)6-9(15)7-12(13)17/h2-7,14,19H,18H2,1H3. The lowest BCUT2D eigenvalue weighted by atomic mass is 9.98. The fourth-order valence-corrected chi connectivity index (χ4v) is 2.37. The van der Waals surface area contributed by atoms with Crippen LogP contribution in [0.3, 0.4) is 0 Å². The normalized spacial score (nSPS) is 12.2. The number of hydrogen-bond donors (Lipinski definition) is 2. The van der Waals surface area contributed by atoms with E-state index < -0.39 is 17.7 Å². The third-order valence-corrected chi connectivity index (χ3v) is 3.41. The molecule has 6 heteroatoms. The number of hydrazine groups is 1. The predicted octanol–water partition coefficient (Wildman–Crippen LogP) is 3.29. The Bertz CT molecular complexity index is 582. The van der Waals surface area contributed by atoms with Crippen molar-refractivity contribution < 1.29 is 13.5 Å². The van der Waals surface area contributed by atoms with Gasteiger partial charge in [-0.3, -0.25) is 5.84 Å². The van der Waals surface area contributed by atoms with Crippen LogP contribution >= 0.6 is 15.9 Å². The molecule has 1 atom stereocenters. The van der Waals surface area contributed by atoms with Crippen LogP contribution in [-0.2, 0) is 0 Å². The quantitative estimate of drug-likeness (QED) is 0.662. The van der Waals surface area contributed by atoms with E-state index >= 15 is 0 Å². The number of nitrogens with two attached hydrogens (primary N) is 1. The Kier molecular flexibility index (Phi) is 4.69. The summed E-state index contributed by atoms with van der Waals surface area (Å²) in [6.45, 7) is 0. The first-order valence-electron chi connectivity index (χ1n) is 5.81. The Morgan fingerprint density at radius 2 is 1.70 bits per heavy atom. The van der Waals surface area contributed by atoms with Gasteiger partial charge in [-0.2, -0.15) is 0 Å². The highest BCUT2D eigenvalue weighted by atomic mass is 79.9. The molecule has 2 aromatic carbocycles. The number of benzene rings is 2. The third kappa shape index (κ3) is 2.98. The van der Waals surface area contributed by atoms with Gasteiger partial charge in [0.15, 0.2) is 0 Å². The van der Waals surface area contributed by atoms with E-state index in [1.54, 1.807) is 31.4 Å². The fraction of sp³-hybridized carbons (Fsp3) is 0.143. The molecule has 1 unspecified atom stereocenters. The van der Waals surface area contributed by atoms with Crippen molar-refractivity contribution in [3.8, 4) is 5.75 Å². The second-order valence-corrected chi connectivity index (χ2v) is 5.07. The first kappa shape index (κ1) is 14.9. The molecule has 0 aliphatic carbocycles. The van der Waals surface area contributed by atoms with E-state index in [-0.39, 0.29) is 5.56 Å². The maximum absolute atomic E-state index is 14.0. The third-order valence-electron chi connectivity index (χ3n) is 2.95. The van der Waals surface area contributed by atoms with Crippen LogP contribution in [0.5, 0.6) is 5.75 Å². The monoisotopic (exact) mass is 342 g/mol. The Balaban J connectivity index is 2.46. The van der Waals surface area contributed by atoms with Gasteiger partial charge in [0.05, 0.1) is 13.2 Å². The lowest BCUT2D eigenvalue weighted by Gasteiger charge is -2.19. The first-order valence-corrected chi connectivity index (χ1v) is 6.60. The minimum absolute atomic E-state index is 0.124. The molecule has 0 aromatic heterocycles. The smallest absolute Gasteiger partial charge is 0.132 e. The summed E-state index contributed by atoms with van der Waals surface area (Å²) in [5.41, 5.74) is 2.95. The van der Waals surface area contributed by atoms with Gasteiger partial charge in [0, 0.05) is 10.0 Å². The minimum Gasteiger partial charge on any atom is -0.497 e. The van der Waals surface area contributed by atoms with Crippen molar-refractivity contribution in [2.24, 2.45) is 5.84 Å². The molecule has 0 saturated carbocycles. The maximum Gasteiger partial charge on any atom is 0.132 e. The summed E-state index contributed by atoms with van der Waals surface area (Å²) in [5.74, 6) is 4.77. The SMILES string of the molecule is COc1ccc(C(NN)c2c(F)cc(Br)cc2F)cc1. The van der Waals surface area contributed by atoms with Crippen molar-refractivity contribution in [1.29, 1.82) is 0 Å². The van der Waals surface area contributed by atoms with Crippen molar-refractivity contribution in [3.63, 3.8) is 0 Å². The van der Waals surface area contributed by atoms with Crippen LogP contribution in [0.4, 0.5) is 8.78 Å². The zero-order valence-corrected chi connectivity index (χ0v) is 12.2. The van der Waals surface area contributed by atoms with E-state index in [2.05, 4.69) is 21.4 Å². The number of ether oxygens (including phenoxy) is 1. The molecule has 0 bridgehead atoms. The molecule has 3 N–H and O–H groups in total. The molecule has 0 radical (unpaired) electrons. The molecule has 0 fully saturated rings. The minimum atomic E-state index is -0.783. The van der Waals surface area contributed by atoms with Crippen molar-refractivity contribution in [2.75, 3.05) is 7.11 Å². The molecule has 20 heavy (non-hydrogen) atoms. The van der Waals surface area contributed by atoms with Crippen LogP contribution in [0.25, 0.3) is 0 Å². The summed E-state index contributed by atoms with van der Waals surface area (Å²) >= 11 is 3.05. The van der Waals surface area contributed by atoms with E-state index in [0.29, 0.717) is 15.8 Å². The fourth-order valence-electron chi connectivity index (χ4n) is 1.97. The summed E-state index contributed by atoms with van der Waals surface area (Å²) in [6.07, 6.45) is 0. The first-order chi connectivity index (χ1) is 9.56. The summed E-state index contributed by atoms with van der Waals surface area (Å²) in [7, 11) is 1.54. The Morgan fingerprint density at radius 3 is 2.15 bits per heavy atom. The van der Waals surface area contributed by atoms with Crippen LogP contribution in [0, 0.1) is 11.6 Å². The number of rotatable bonds is 4. The van der Waals surface area contributed by atoms with Crippen LogP contribution in [0.1, 0.15) is 17.2 Å². The molecule has 2 aromatic rings. The molecular weight excluding hydrogens is 330 g/mol. The average Bonchev–Trinajstić information content (AvgIpc) is 2.43. The molecular formula is C14H13BrF2N2O. The van der Waals surface area contributed by atoms with E-state index in [4.69, 9.17) is 10.6 Å². The predicted molar refractivity (Wildman–Crippen MR) is 76.2 cm³/mol. The molecule has 0 aliphatic heterocycles. The molecule has 0 heterocycles. The highest BCUT2D eigenvalue weighted by Crippen LogP contribution is 2.29. The number of nitrogens with one attached hydrogen (secondary N) is 1. The van der Waals surface area contributed by atoms with Gasteiger partial charge in [0.25, 0.3) is 0 Å². The molecule has 3 nitrogen and oxygen atoms in total. The van der Waals surface area contributed by atoms with E-state index in [1.165, 1.54) is 12.1 Å². The molecule has 2 rings (SSSR count). The van der Waals surface area contributed by atoms with Gasteiger partial charge in [-0.1, -0.05) is 28.1 Å². The summed E-state index contributed by atoms with van der Waals surface area (Å²) in [5, 5.41) is 0. The summed E-state index contributed by atoms with van der Waals surface area (Å²) in [6, 6.07) is 8.42. The van der Waals surface area contributed by atoms with Gasteiger partial charge < -0.3 is 4.74 Å². The van der Waals surface area contributed by atoms with Crippen LogP contribution < -0.4 is 16.0 Å². The zero-order chi connectivity index (χ0) is 14.7. The molecule has 0 spiro atoms. The van der Waals surface area contributed by atoms with Crippen molar-refractivity contribution >= 4 is 15.9 Å². The van der Waals surface area contributed by atoms with Crippen molar-refractivity contribution in [1.82, 2.24) is 5.43 Å². The van der Waals surface area contributed by atoms with E-state index in [9.17, 15) is 8.78 Å². The largest absolute Gasteiger partial charge is 0.497 e. The highest BCUT2D eigenvalue weighted by molar-refractivity contribution is 9.10. The van der Waals surface area contributed by atoms with Crippen molar-refractivity contribution in [2.45, 2.75) is 6.04 Å². The maximum atomic E-state index is 14.0. The van der Waals surface area contributed by atoms with Crippen LogP contribution in [0.15, 0.2) is 40.9 Å². The second-order valence-electron chi connectivity index (χ2n) is 4.16. The van der Waals surface area contributed by atoms with Gasteiger partial charge in [-0.25, -0.2) is 14.2 Å². The van der Waals surface area contributed by atoms with E-state index in [1.807, 2.05) is 0 Å². The summed E-state index contributed by atoms with van der Waals surface area (Å²) < 4.78 is 33.4. The Morgan fingerprint density at radius 1 is 1.15 bits per heavy atom. The summed E-state index contributed by atoms with van der Waals surface area (Å²) in [4.78, 5) is 0. The number of hydrogen-bond acceptors (Lipinski definition) is 3. The van der Waals surface area contributed by atoms with Crippen molar-refractivity contribution in [3.05, 3.63) is 63.6 Å². The molecule has 0 saturated heterocycles. The second kappa shape index (κ2) is 6.30. The Labute approximate surface area is 123 Å². The highest BCUT2D eigenvalue weighted by Gasteiger charge is 2.21. The lowest BCUT2D eigenvalue weighted by molar-refractivity contribution is 0.414. The Hall–Kier alpha value is -1.50. The van der Waals surface area contributed by atoms with Gasteiger partial charge >= 0.3 is 0 Å². The average molecular weight is 343 g/mol. The van der Waals surface area contributed by atoms with Gasteiger partial charge in [-0.05, 0) is 29.8 Å². The van der Waals surface area contributed by atoms with Gasteiger partial charge in [0.2, 0.25) is 0 Å². The molecule has 0 aliphatic rings. The van der Waals surface area contributed by atoms with Crippen LogP contribution in [-0.4, -0.2) is 7.11 Å². The van der Waals surface area contributed by atoms with Gasteiger partial charge in [0.1, 0.15) is 17.4 Å². The zero-order valence-electron chi connectivity index (χ0n) is 10.7.